The van der Waals surface area contributed by atoms with Crippen molar-refractivity contribution in [2.75, 3.05) is 0 Å². The maximum atomic E-state index is 10.6. The standard InChI is InChI=1S/C6H5ClO3S2/c7-6(8)5-2-1-4(11-5)3-12(9)10/h1-2,12H,3H2. The Morgan fingerprint density at radius 1 is 1.50 bits per heavy atom. The summed E-state index contributed by atoms with van der Waals surface area (Å²) in [5, 5.41) is -0.549. The Hall–Kier alpha value is -0.390. The molecule has 0 aliphatic rings. The summed E-state index contributed by atoms with van der Waals surface area (Å²) in [6.07, 6.45) is 0. The molecule has 0 aromatic carbocycles. The zero-order chi connectivity index (χ0) is 9.14. The van der Waals surface area contributed by atoms with Crippen LogP contribution in [0.15, 0.2) is 12.1 Å². The normalized spacial score (nSPS) is 10.5. The van der Waals surface area contributed by atoms with E-state index in [1.807, 2.05) is 0 Å². The van der Waals surface area contributed by atoms with Gasteiger partial charge in [-0.2, -0.15) is 0 Å². The number of thiophene rings is 1. The highest BCUT2D eigenvalue weighted by Gasteiger charge is 2.05. The molecule has 6 heteroatoms. The first-order valence-corrected chi connectivity index (χ1v) is 5.55. The van der Waals surface area contributed by atoms with Gasteiger partial charge in [-0.1, -0.05) is 0 Å². The van der Waals surface area contributed by atoms with Crippen LogP contribution in [0.5, 0.6) is 0 Å². The van der Waals surface area contributed by atoms with Gasteiger partial charge in [0.2, 0.25) is 0 Å². The number of halogens is 1. The number of carbonyl (C=O) groups excluding carboxylic acids is 1. The minimum absolute atomic E-state index is 0.0236. The highest BCUT2D eigenvalue weighted by Crippen LogP contribution is 2.18. The maximum Gasteiger partial charge on any atom is 0.262 e. The van der Waals surface area contributed by atoms with E-state index in [0.29, 0.717) is 9.75 Å². The molecule has 0 bridgehead atoms. The largest absolute Gasteiger partial charge is 0.275 e. The average molecular weight is 225 g/mol. The van der Waals surface area contributed by atoms with Crippen molar-refractivity contribution in [3.05, 3.63) is 21.9 Å². The van der Waals surface area contributed by atoms with E-state index in [9.17, 15) is 13.2 Å². The molecule has 1 aromatic rings. The van der Waals surface area contributed by atoms with Gasteiger partial charge in [0.15, 0.2) is 0 Å². The molecule has 0 aliphatic carbocycles. The van der Waals surface area contributed by atoms with Crippen LogP contribution < -0.4 is 0 Å². The third kappa shape index (κ3) is 2.58. The summed E-state index contributed by atoms with van der Waals surface area (Å²) in [6.45, 7) is 0. The highest BCUT2D eigenvalue weighted by atomic mass is 35.5. The molecule has 1 heterocycles. The van der Waals surface area contributed by atoms with Crippen LogP contribution in [0.2, 0.25) is 0 Å². The second kappa shape index (κ2) is 4.02. The van der Waals surface area contributed by atoms with Crippen molar-refractivity contribution < 1.29 is 13.2 Å². The SMILES string of the molecule is O=C(Cl)c1ccc(C[SH](=O)=O)s1. The van der Waals surface area contributed by atoms with Crippen LogP contribution in [0.1, 0.15) is 14.5 Å². The van der Waals surface area contributed by atoms with Gasteiger partial charge in [-0.25, -0.2) is 8.42 Å². The van der Waals surface area contributed by atoms with Crippen LogP contribution in [-0.2, 0) is 16.5 Å². The summed E-state index contributed by atoms with van der Waals surface area (Å²) in [5.74, 6) is -0.0236. The molecule has 3 nitrogen and oxygen atoms in total. The molecule has 0 radical (unpaired) electrons. The fraction of sp³-hybridized carbons (Fsp3) is 0.167. The van der Waals surface area contributed by atoms with E-state index in [1.165, 1.54) is 6.07 Å². The van der Waals surface area contributed by atoms with Crippen LogP contribution in [0.3, 0.4) is 0 Å². The zero-order valence-electron chi connectivity index (χ0n) is 5.82. The molecule has 0 saturated heterocycles. The van der Waals surface area contributed by atoms with Gasteiger partial charge < -0.3 is 0 Å². The van der Waals surface area contributed by atoms with Gasteiger partial charge in [-0.05, 0) is 23.7 Å². The Kier molecular flexibility index (Phi) is 3.25. The smallest absolute Gasteiger partial charge is 0.262 e. The Labute approximate surface area is 79.9 Å². The molecule has 0 atom stereocenters. The second-order valence-electron chi connectivity index (χ2n) is 2.03. The van der Waals surface area contributed by atoms with E-state index >= 15 is 0 Å². The summed E-state index contributed by atoms with van der Waals surface area (Å²) in [6, 6.07) is 3.11. The van der Waals surface area contributed by atoms with Gasteiger partial charge in [-0.15, -0.1) is 11.3 Å². The lowest BCUT2D eigenvalue weighted by Gasteiger charge is -1.83. The van der Waals surface area contributed by atoms with Crippen molar-refractivity contribution in [2.24, 2.45) is 0 Å². The van der Waals surface area contributed by atoms with Crippen LogP contribution in [0, 0.1) is 0 Å². The van der Waals surface area contributed by atoms with Crippen molar-refractivity contribution in [1.82, 2.24) is 0 Å². The summed E-state index contributed by atoms with van der Waals surface area (Å²) in [4.78, 5) is 11.6. The Morgan fingerprint density at radius 2 is 2.17 bits per heavy atom. The third-order valence-corrected chi connectivity index (χ3v) is 3.35. The first kappa shape index (κ1) is 9.70. The first-order chi connectivity index (χ1) is 5.59. The number of thiol groups is 1. The number of hydrogen-bond donors (Lipinski definition) is 1. The summed E-state index contributed by atoms with van der Waals surface area (Å²) < 4.78 is 20.5. The third-order valence-electron chi connectivity index (χ3n) is 1.14. The van der Waals surface area contributed by atoms with Gasteiger partial charge in [0.05, 0.1) is 10.6 Å². The Morgan fingerprint density at radius 3 is 2.58 bits per heavy atom. The van der Waals surface area contributed by atoms with E-state index in [1.54, 1.807) is 6.07 Å². The average Bonchev–Trinajstić information content (AvgIpc) is 2.34. The van der Waals surface area contributed by atoms with E-state index in [4.69, 9.17) is 11.6 Å². The zero-order valence-corrected chi connectivity index (χ0v) is 8.29. The second-order valence-corrected chi connectivity index (χ2v) is 4.52. The molecular formula is C6H5ClO3S2. The number of hydrogen-bond acceptors (Lipinski definition) is 4. The van der Waals surface area contributed by atoms with Crippen molar-refractivity contribution in [3.63, 3.8) is 0 Å². The van der Waals surface area contributed by atoms with Gasteiger partial charge in [0.1, 0.15) is 10.7 Å². The summed E-state index contributed by atoms with van der Waals surface area (Å²) in [5.41, 5.74) is 0. The first-order valence-electron chi connectivity index (χ1n) is 3.00. The fourth-order valence-corrected chi connectivity index (χ4v) is 2.44. The highest BCUT2D eigenvalue weighted by molar-refractivity contribution is 7.71. The molecule has 12 heavy (non-hydrogen) atoms. The molecule has 0 fully saturated rings. The monoisotopic (exact) mass is 224 g/mol. The molecule has 0 unspecified atom stereocenters. The molecule has 0 aliphatic heterocycles. The molecule has 1 rings (SSSR count). The number of carbonyl (C=O) groups is 1. The van der Waals surface area contributed by atoms with Gasteiger partial charge in [0, 0.05) is 4.88 Å². The minimum Gasteiger partial charge on any atom is -0.275 e. The van der Waals surface area contributed by atoms with Crippen molar-refractivity contribution >= 4 is 38.9 Å². The van der Waals surface area contributed by atoms with E-state index < -0.39 is 15.9 Å². The van der Waals surface area contributed by atoms with Gasteiger partial charge in [0.25, 0.3) is 5.24 Å². The maximum absolute atomic E-state index is 10.6. The quantitative estimate of drug-likeness (QED) is 0.621. The van der Waals surface area contributed by atoms with Gasteiger partial charge in [-0.3, -0.25) is 4.79 Å². The lowest BCUT2D eigenvalue weighted by molar-refractivity contribution is 0.108. The number of rotatable bonds is 3. The molecule has 1 aromatic heterocycles. The van der Waals surface area contributed by atoms with E-state index in [-0.39, 0.29) is 5.75 Å². The molecule has 0 saturated carbocycles. The molecule has 0 N–H and O–H groups in total. The van der Waals surface area contributed by atoms with Crippen LogP contribution in [0.25, 0.3) is 0 Å². The van der Waals surface area contributed by atoms with Crippen molar-refractivity contribution in [3.8, 4) is 0 Å². The lowest BCUT2D eigenvalue weighted by atomic mass is 10.4. The predicted octanol–water partition coefficient (Wildman–Crippen LogP) is 1.24. The van der Waals surface area contributed by atoms with Crippen molar-refractivity contribution in [1.29, 1.82) is 0 Å². The van der Waals surface area contributed by atoms with Crippen molar-refractivity contribution in [2.45, 2.75) is 5.75 Å². The minimum atomic E-state index is -2.43. The summed E-state index contributed by atoms with van der Waals surface area (Å²) >= 11 is 6.28. The van der Waals surface area contributed by atoms with Crippen LogP contribution in [0.4, 0.5) is 0 Å². The molecule has 0 amide bonds. The predicted molar refractivity (Wildman–Crippen MR) is 48.5 cm³/mol. The van der Waals surface area contributed by atoms with E-state index in [0.717, 1.165) is 11.3 Å². The van der Waals surface area contributed by atoms with Crippen LogP contribution >= 0.6 is 22.9 Å². The Balaban J connectivity index is 2.84. The molecular weight excluding hydrogens is 220 g/mol. The lowest BCUT2D eigenvalue weighted by Crippen LogP contribution is -1.81. The topological polar surface area (TPSA) is 51.2 Å². The molecule has 66 valence electrons. The summed E-state index contributed by atoms with van der Waals surface area (Å²) in [7, 11) is -2.43. The van der Waals surface area contributed by atoms with Gasteiger partial charge >= 0.3 is 0 Å². The molecule has 0 spiro atoms. The Bertz CT molecular complexity index is 359. The van der Waals surface area contributed by atoms with Crippen LogP contribution in [-0.4, -0.2) is 13.7 Å². The van der Waals surface area contributed by atoms with E-state index in [2.05, 4.69) is 0 Å². The fourth-order valence-electron chi connectivity index (χ4n) is 0.696.